The number of benzene rings is 1. The van der Waals surface area contributed by atoms with Crippen LogP contribution in [0.15, 0.2) is 36.4 Å². The lowest BCUT2D eigenvalue weighted by atomic mass is 9.78. The molecule has 4 nitrogen and oxygen atoms in total. The van der Waals surface area contributed by atoms with E-state index in [2.05, 4.69) is 51.5 Å². The lowest BCUT2D eigenvalue weighted by Crippen LogP contribution is -2.54. The van der Waals surface area contributed by atoms with Crippen molar-refractivity contribution in [2.45, 2.75) is 69.9 Å². The van der Waals surface area contributed by atoms with E-state index in [1.54, 1.807) is 0 Å². The molecule has 2 atom stereocenters. The summed E-state index contributed by atoms with van der Waals surface area (Å²) in [6, 6.07) is 11.3. The molecule has 3 aliphatic heterocycles. The fraction of sp³-hybridized carbons (Fsp3) is 0.654. The Hall–Kier alpha value is -1.65. The summed E-state index contributed by atoms with van der Waals surface area (Å²) in [4.78, 5) is 18.5. The second-order valence-corrected chi connectivity index (χ2v) is 10.1. The molecule has 4 heteroatoms. The number of hydrogen-bond acceptors (Lipinski definition) is 3. The van der Waals surface area contributed by atoms with Gasteiger partial charge >= 0.3 is 0 Å². The van der Waals surface area contributed by atoms with Crippen LogP contribution in [0, 0.1) is 5.41 Å². The highest BCUT2D eigenvalue weighted by Crippen LogP contribution is 2.41. The molecule has 0 bridgehead atoms. The van der Waals surface area contributed by atoms with Gasteiger partial charge < -0.3 is 10.2 Å². The maximum atomic E-state index is 13.5. The molecule has 1 aromatic carbocycles. The van der Waals surface area contributed by atoms with Crippen LogP contribution in [0.1, 0.15) is 63.4 Å². The first-order valence-corrected chi connectivity index (χ1v) is 12.2. The van der Waals surface area contributed by atoms with E-state index in [1.165, 1.54) is 75.6 Å². The van der Waals surface area contributed by atoms with Crippen LogP contribution in [-0.2, 0) is 4.79 Å². The zero-order valence-electron chi connectivity index (χ0n) is 18.3. The van der Waals surface area contributed by atoms with E-state index in [0.29, 0.717) is 11.3 Å². The number of amides is 1. The van der Waals surface area contributed by atoms with Crippen molar-refractivity contribution in [2.75, 3.05) is 32.7 Å². The first-order valence-electron chi connectivity index (χ1n) is 12.2. The van der Waals surface area contributed by atoms with Crippen molar-refractivity contribution in [3.8, 4) is 0 Å². The van der Waals surface area contributed by atoms with Crippen LogP contribution in [-0.4, -0.2) is 60.5 Å². The normalized spacial score (nSPS) is 31.1. The molecule has 162 valence electrons. The zero-order valence-corrected chi connectivity index (χ0v) is 18.3. The molecule has 2 unspecified atom stereocenters. The Morgan fingerprint density at radius 2 is 1.80 bits per heavy atom. The smallest absolute Gasteiger partial charge is 0.240 e. The SMILES string of the molecule is O=C(C1CC(c2ccccc2)=CCN1)N1CCCC2(CCN(C3CCCCC3)C2)C1. The summed E-state index contributed by atoms with van der Waals surface area (Å²) in [5.74, 6) is 0.326. The van der Waals surface area contributed by atoms with Gasteiger partial charge in [-0.2, -0.15) is 0 Å². The van der Waals surface area contributed by atoms with E-state index in [1.807, 2.05) is 0 Å². The summed E-state index contributed by atoms with van der Waals surface area (Å²) in [6.07, 6.45) is 13.8. The average molecular weight is 408 g/mol. The van der Waals surface area contributed by atoms with Gasteiger partial charge in [-0.3, -0.25) is 9.69 Å². The van der Waals surface area contributed by atoms with E-state index < -0.39 is 0 Å². The molecule has 1 aromatic rings. The third kappa shape index (κ3) is 4.22. The number of carbonyl (C=O) groups excluding carboxylic acids is 1. The number of nitrogens with zero attached hydrogens (tertiary/aromatic N) is 2. The van der Waals surface area contributed by atoms with Crippen LogP contribution >= 0.6 is 0 Å². The topological polar surface area (TPSA) is 35.6 Å². The number of piperidine rings is 1. The monoisotopic (exact) mass is 407 g/mol. The molecule has 4 aliphatic rings. The molecule has 0 aromatic heterocycles. The second kappa shape index (κ2) is 8.84. The van der Waals surface area contributed by atoms with Crippen molar-refractivity contribution in [3.63, 3.8) is 0 Å². The Morgan fingerprint density at radius 1 is 0.967 bits per heavy atom. The molecule has 2 saturated heterocycles. The first kappa shape index (κ1) is 20.3. The van der Waals surface area contributed by atoms with Crippen LogP contribution in [0.2, 0.25) is 0 Å². The molecule has 0 radical (unpaired) electrons. The van der Waals surface area contributed by atoms with Crippen LogP contribution < -0.4 is 5.32 Å². The van der Waals surface area contributed by atoms with Gasteiger partial charge in [0.05, 0.1) is 6.04 Å². The molecule has 3 fully saturated rings. The van der Waals surface area contributed by atoms with Gasteiger partial charge in [-0.1, -0.05) is 55.7 Å². The van der Waals surface area contributed by atoms with Gasteiger partial charge in [0.1, 0.15) is 0 Å². The Morgan fingerprint density at radius 3 is 2.63 bits per heavy atom. The number of rotatable bonds is 3. The molecule has 1 N–H and O–H groups in total. The minimum absolute atomic E-state index is 0.0730. The minimum atomic E-state index is -0.0730. The third-order valence-corrected chi connectivity index (χ3v) is 8.11. The fourth-order valence-corrected chi connectivity index (χ4v) is 6.44. The quantitative estimate of drug-likeness (QED) is 0.820. The fourth-order valence-electron chi connectivity index (χ4n) is 6.44. The molecule has 5 rings (SSSR count). The summed E-state index contributed by atoms with van der Waals surface area (Å²) in [5.41, 5.74) is 2.91. The van der Waals surface area contributed by atoms with Crippen molar-refractivity contribution in [2.24, 2.45) is 5.41 Å². The van der Waals surface area contributed by atoms with E-state index in [0.717, 1.165) is 32.1 Å². The average Bonchev–Trinajstić information content (AvgIpc) is 3.23. The van der Waals surface area contributed by atoms with Crippen molar-refractivity contribution in [3.05, 3.63) is 42.0 Å². The van der Waals surface area contributed by atoms with Gasteiger partial charge in [0.15, 0.2) is 0 Å². The van der Waals surface area contributed by atoms with E-state index >= 15 is 0 Å². The first-order chi connectivity index (χ1) is 14.7. The Kier molecular flexibility index (Phi) is 5.97. The van der Waals surface area contributed by atoms with Gasteiger partial charge in [0.2, 0.25) is 5.91 Å². The van der Waals surface area contributed by atoms with Crippen LogP contribution in [0.25, 0.3) is 5.57 Å². The maximum Gasteiger partial charge on any atom is 0.240 e. The summed E-state index contributed by atoms with van der Waals surface area (Å²) in [6.45, 7) is 5.16. The van der Waals surface area contributed by atoms with Gasteiger partial charge in [0, 0.05) is 37.6 Å². The van der Waals surface area contributed by atoms with Crippen molar-refractivity contribution < 1.29 is 4.79 Å². The van der Waals surface area contributed by atoms with Crippen LogP contribution in [0.4, 0.5) is 0 Å². The molecule has 30 heavy (non-hydrogen) atoms. The van der Waals surface area contributed by atoms with Crippen molar-refractivity contribution >= 4 is 11.5 Å². The van der Waals surface area contributed by atoms with Gasteiger partial charge in [-0.15, -0.1) is 0 Å². The van der Waals surface area contributed by atoms with Crippen molar-refractivity contribution in [1.29, 1.82) is 0 Å². The third-order valence-electron chi connectivity index (χ3n) is 8.11. The number of likely N-dealkylation sites (tertiary alicyclic amines) is 2. The Balaban J connectivity index is 1.22. The highest BCUT2D eigenvalue weighted by molar-refractivity contribution is 5.85. The highest BCUT2D eigenvalue weighted by Gasteiger charge is 2.44. The minimum Gasteiger partial charge on any atom is -0.341 e. The summed E-state index contributed by atoms with van der Waals surface area (Å²) in [5, 5.41) is 3.48. The van der Waals surface area contributed by atoms with E-state index in [4.69, 9.17) is 0 Å². The maximum absolute atomic E-state index is 13.5. The van der Waals surface area contributed by atoms with E-state index in [9.17, 15) is 4.79 Å². The molecule has 1 saturated carbocycles. The van der Waals surface area contributed by atoms with Crippen LogP contribution in [0.5, 0.6) is 0 Å². The molecular formula is C26H37N3O. The predicted octanol–water partition coefficient (Wildman–Crippen LogP) is 4.08. The zero-order chi connectivity index (χ0) is 20.4. The molecule has 1 spiro atoms. The second-order valence-electron chi connectivity index (χ2n) is 10.1. The summed E-state index contributed by atoms with van der Waals surface area (Å²) < 4.78 is 0. The Bertz CT molecular complexity index is 770. The Labute approximate surface area is 181 Å². The summed E-state index contributed by atoms with van der Waals surface area (Å²) >= 11 is 0. The van der Waals surface area contributed by atoms with Gasteiger partial charge in [0.25, 0.3) is 0 Å². The van der Waals surface area contributed by atoms with E-state index in [-0.39, 0.29) is 6.04 Å². The standard InChI is InChI=1S/C26H37N3O/c30-25(24-18-22(12-15-27-24)21-8-3-1-4-9-21)29-16-7-13-26(20-29)14-17-28(19-26)23-10-5-2-6-11-23/h1,3-4,8-9,12,23-24,27H,2,5-7,10-11,13-20H2. The predicted molar refractivity (Wildman–Crippen MR) is 122 cm³/mol. The summed E-state index contributed by atoms with van der Waals surface area (Å²) in [7, 11) is 0. The lowest BCUT2D eigenvalue weighted by molar-refractivity contribution is -0.136. The van der Waals surface area contributed by atoms with Crippen LogP contribution in [0.3, 0.4) is 0 Å². The van der Waals surface area contributed by atoms with Crippen molar-refractivity contribution in [1.82, 2.24) is 15.1 Å². The molecule has 1 aliphatic carbocycles. The largest absolute Gasteiger partial charge is 0.341 e. The number of hydrogen-bond donors (Lipinski definition) is 1. The molecule has 3 heterocycles. The number of carbonyl (C=O) groups is 1. The lowest BCUT2D eigenvalue weighted by Gasteiger charge is -2.43. The van der Waals surface area contributed by atoms with Gasteiger partial charge in [-0.25, -0.2) is 0 Å². The molecular weight excluding hydrogens is 370 g/mol. The number of nitrogens with one attached hydrogen (secondary N) is 1. The van der Waals surface area contributed by atoms with Gasteiger partial charge in [-0.05, 0) is 56.2 Å². The molecule has 1 amide bonds. The highest BCUT2D eigenvalue weighted by atomic mass is 16.2.